The third-order valence-corrected chi connectivity index (χ3v) is 6.10. The molecule has 0 saturated carbocycles. The predicted octanol–water partition coefficient (Wildman–Crippen LogP) is 5.74. The average molecular weight is 540 g/mol. The van der Waals surface area contributed by atoms with Crippen LogP contribution >= 0.6 is 0 Å². The summed E-state index contributed by atoms with van der Waals surface area (Å²) < 4.78 is 51.4. The van der Waals surface area contributed by atoms with Crippen LogP contribution in [0.25, 0.3) is 0 Å². The standard InChI is InChI=1S/C27H32F3NO7/c1-16(7-5-6-12-31-26(35)36-4)22-14-21(32)23(25(34)38-22)24(33)18(3)17(2)13-19-8-10-20(11-9-19)37-15-27(28,29)30/h6,8-12,14,16-18,32H,5,7,13,15H2,1-4H3,(H,31,35)/b12-6+/t16?,17-,18?/m0/s1. The van der Waals surface area contributed by atoms with E-state index in [2.05, 4.69) is 10.1 Å². The number of alkyl halides is 3. The summed E-state index contributed by atoms with van der Waals surface area (Å²) in [6.45, 7) is 3.85. The molecule has 0 aliphatic carbocycles. The smallest absolute Gasteiger partial charge is 0.422 e. The van der Waals surface area contributed by atoms with E-state index in [0.717, 1.165) is 5.56 Å². The highest BCUT2D eigenvalue weighted by Gasteiger charge is 2.29. The zero-order chi connectivity index (χ0) is 28.5. The molecule has 1 aromatic heterocycles. The number of hydrogen-bond donors (Lipinski definition) is 2. The number of amides is 1. The zero-order valence-corrected chi connectivity index (χ0v) is 21.6. The van der Waals surface area contributed by atoms with Gasteiger partial charge in [-0.1, -0.05) is 39.0 Å². The van der Waals surface area contributed by atoms with Crippen molar-refractivity contribution in [2.45, 2.75) is 52.1 Å². The Hall–Kier alpha value is -3.76. The first-order valence-electron chi connectivity index (χ1n) is 12.0. The summed E-state index contributed by atoms with van der Waals surface area (Å²) in [6, 6.07) is 7.34. The summed E-state index contributed by atoms with van der Waals surface area (Å²) in [6.07, 6.45) is -0.391. The van der Waals surface area contributed by atoms with Crippen molar-refractivity contribution in [1.82, 2.24) is 5.32 Å². The van der Waals surface area contributed by atoms with Crippen LogP contribution in [0.15, 0.2) is 51.8 Å². The molecule has 0 aliphatic heterocycles. The van der Waals surface area contributed by atoms with Crippen molar-refractivity contribution in [1.29, 1.82) is 0 Å². The Morgan fingerprint density at radius 3 is 2.39 bits per heavy atom. The molecule has 2 rings (SSSR count). The summed E-state index contributed by atoms with van der Waals surface area (Å²) in [7, 11) is 1.25. The van der Waals surface area contributed by atoms with Gasteiger partial charge in [-0.05, 0) is 42.9 Å². The van der Waals surface area contributed by atoms with Crippen LogP contribution in [-0.4, -0.2) is 36.9 Å². The number of ketones is 1. The van der Waals surface area contributed by atoms with Crippen LogP contribution in [0, 0.1) is 11.8 Å². The Morgan fingerprint density at radius 2 is 1.82 bits per heavy atom. The lowest BCUT2D eigenvalue weighted by molar-refractivity contribution is -0.153. The van der Waals surface area contributed by atoms with E-state index in [1.807, 2.05) is 0 Å². The SMILES string of the molecule is COC(=O)N/C=C/CCC(C)c1cc(O)c(C(=O)C(C)[C@@H](C)Cc2ccc(OCC(F)(F)F)cc2)c(=O)o1. The number of benzene rings is 1. The van der Waals surface area contributed by atoms with E-state index in [1.54, 1.807) is 39.0 Å². The number of carbonyl (C=O) groups is 2. The Bertz CT molecular complexity index is 1170. The number of rotatable bonds is 12. The van der Waals surface area contributed by atoms with Crippen molar-refractivity contribution in [3.63, 3.8) is 0 Å². The molecule has 0 radical (unpaired) electrons. The number of ether oxygens (including phenoxy) is 2. The van der Waals surface area contributed by atoms with Gasteiger partial charge >= 0.3 is 17.9 Å². The minimum Gasteiger partial charge on any atom is -0.507 e. The molecule has 0 bridgehead atoms. The van der Waals surface area contributed by atoms with Crippen LogP contribution < -0.4 is 15.7 Å². The second-order valence-electron chi connectivity index (χ2n) is 9.10. The number of allylic oxidation sites excluding steroid dienone is 1. The molecule has 2 unspecified atom stereocenters. The van der Waals surface area contributed by atoms with Crippen LogP contribution in [0.5, 0.6) is 11.5 Å². The van der Waals surface area contributed by atoms with E-state index < -0.39 is 47.5 Å². The largest absolute Gasteiger partial charge is 0.507 e. The second kappa shape index (κ2) is 13.7. The lowest BCUT2D eigenvalue weighted by Crippen LogP contribution is -2.26. The fourth-order valence-electron chi connectivity index (χ4n) is 3.65. The monoisotopic (exact) mass is 539 g/mol. The fourth-order valence-corrected chi connectivity index (χ4v) is 3.65. The molecule has 0 fully saturated rings. The van der Waals surface area contributed by atoms with E-state index in [0.29, 0.717) is 19.3 Å². The quantitative estimate of drug-likeness (QED) is 0.331. The first-order valence-corrected chi connectivity index (χ1v) is 12.0. The minimum absolute atomic E-state index is 0.0774. The number of carbonyl (C=O) groups excluding carboxylic acids is 2. The number of aromatic hydroxyl groups is 1. The molecule has 1 aromatic carbocycles. The molecule has 0 aliphatic rings. The van der Waals surface area contributed by atoms with Crippen molar-refractivity contribution >= 4 is 11.9 Å². The van der Waals surface area contributed by atoms with Gasteiger partial charge in [0.2, 0.25) is 0 Å². The number of halogens is 3. The first-order chi connectivity index (χ1) is 17.8. The van der Waals surface area contributed by atoms with Crippen molar-refractivity contribution in [3.8, 4) is 11.5 Å². The number of hydrogen-bond acceptors (Lipinski definition) is 7. The highest BCUT2D eigenvalue weighted by atomic mass is 19.4. The molecule has 208 valence electrons. The van der Waals surface area contributed by atoms with Crippen LogP contribution in [-0.2, 0) is 11.2 Å². The first kappa shape index (κ1) is 30.5. The van der Waals surface area contributed by atoms with Gasteiger partial charge < -0.3 is 19.0 Å². The maximum absolute atomic E-state index is 13.1. The molecule has 2 N–H and O–H groups in total. The highest BCUT2D eigenvalue weighted by Crippen LogP contribution is 2.28. The minimum atomic E-state index is -4.43. The summed E-state index contributed by atoms with van der Waals surface area (Å²) in [5.41, 5.74) is -0.573. The third kappa shape index (κ3) is 9.28. The van der Waals surface area contributed by atoms with Crippen LogP contribution in [0.1, 0.15) is 61.2 Å². The van der Waals surface area contributed by atoms with Gasteiger partial charge in [0.05, 0.1) is 7.11 Å². The molecule has 1 heterocycles. The molecular weight excluding hydrogens is 507 g/mol. The number of alkyl carbamates (subject to hydrolysis) is 1. The normalized spacial score (nSPS) is 14.1. The van der Waals surface area contributed by atoms with Crippen LogP contribution in [0.4, 0.5) is 18.0 Å². The molecule has 2 aromatic rings. The Labute approximate surface area is 218 Å². The fraction of sp³-hybridized carbons (Fsp3) is 0.444. The van der Waals surface area contributed by atoms with Gasteiger partial charge in [0, 0.05) is 24.1 Å². The highest BCUT2D eigenvalue weighted by molar-refractivity contribution is 5.99. The maximum Gasteiger partial charge on any atom is 0.422 e. The second-order valence-corrected chi connectivity index (χ2v) is 9.10. The average Bonchev–Trinajstić information content (AvgIpc) is 2.86. The van der Waals surface area contributed by atoms with Gasteiger partial charge in [0.25, 0.3) is 0 Å². The third-order valence-electron chi connectivity index (χ3n) is 6.10. The van der Waals surface area contributed by atoms with Gasteiger partial charge in [-0.15, -0.1) is 0 Å². The Morgan fingerprint density at radius 1 is 1.16 bits per heavy atom. The predicted molar refractivity (Wildman–Crippen MR) is 133 cm³/mol. The molecule has 8 nitrogen and oxygen atoms in total. The van der Waals surface area contributed by atoms with Crippen molar-refractivity contribution in [2.24, 2.45) is 11.8 Å². The van der Waals surface area contributed by atoms with Crippen molar-refractivity contribution < 1.29 is 41.8 Å². The zero-order valence-electron chi connectivity index (χ0n) is 21.6. The van der Waals surface area contributed by atoms with Gasteiger partial charge in [0.15, 0.2) is 12.4 Å². The van der Waals surface area contributed by atoms with E-state index in [4.69, 9.17) is 9.15 Å². The van der Waals surface area contributed by atoms with E-state index >= 15 is 0 Å². The number of methoxy groups -OCH3 is 1. The van der Waals surface area contributed by atoms with Gasteiger partial charge in [0.1, 0.15) is 22.8 Å². The molecule has 3 atom stereocenters. The summed E-state index contributed by atoms with van der Waals surface area (Å²) in [5.74, 6) is -1.88. The van der Waals surface area contributed by atoms with E-state index in [-0.39, 0.29) is 23.3 Å². The van der Waals surface area contributed by atoms with Gasteiger partial charge in [-0.3, -0.25) is 10.1 Å². The van der Waals surface area contributed by atoms with Crippen LogP contribution in [0.2, 0.25) is 0 Å². The molecule has 11 heteroatoms. The summed E-state index contributed by atoms with van der Waals surface area (Å²) in [5, 5.41) is 12.9. The number of nitrogens with one attached hydrogen (secondary N) is 1. The lowest BCUT2D eigenvalue weighted by atomic mass is 9.84. The van der Waals surface area contributed by atoms with Crippen molar-refractivity contribution in [3.05, 3.63) is 69.9 Å². The molecule has 1 amide bonds. The van der Waals surface area contributed by atoms with E-state index in [9.17, 15) is 32.7 Å². The van der Waals surface area contributed by atoms with Crippen molar-refractivity contribution in [2.75, 3.05) is 13.7 Å². The molecule has 0 saturated heterocycles. The molecule has 0 spiro atoms. The van der Waals surface area contributed by atoms with Crippen LogP contribution in [0.3, 0.4) is 0 Å². The summed E-state index contributed by atoms with van der Waals surface area (Å²) >= 11 is 0. The Kier molecular flexibility index (Phi) is 11.0. The summed E-state index contributed by atoms with van der Waals surface area (Å²) in [4.78, 5) is 36.7. The van der Waals surface area contributed by atoms with E-state index in [1.165, 1.54) is 31.5 Å². The number of Topliss-reactive ketones (excluding diaryl/α,β-unsaturated/α-hetero) is 1. The van der Waals surface area contributed by atoms with Gasteiger partial charge in [-0.25, -0.2) is 9.59 Å². The lowest BCUT2D eigenvalue weighted by Gasteiger charge is -2.19. The molecular formula is C27H32F3NO7. The molecule has 38 heavy (non-hydrogen) atoms. The Balaban J connectivity index is 2.01. The topological polar surface area (TPSA) is 115 Å². The maximum atomic E-state index is 13.1. The van der Waals surface area contributed by atoms with Gasteiger partial charge in [-0.2, -0.15) is 13.2 Å².